The highest BCUT2D eigenvalue weighted by Crippen LogP contribution is 2.65. The average molecular weight is 678 g/mol. The molecule has 1 saturated carbocycles. The number of halogens is 3. The molecule has 0 radical (unpaired) electrons. The number of nitrogens with zero attached hydrogens (tertiary/aromatic N) is 2. The summed E-state index contributed by atoms with van der Waals surface area (Å²) in [5.74, 6) is -7.24. The number of hydrogen-bond donors (Lipinski definition) is 2. The van der Waals surface area contributed by atoms with E-state index in [1.165, 1.54) is 43.5 Å². The summed E-state index contributed by atoms with van der Waals surface area (Å²) in [4.78, 5) is 64.8. The number of alkyl halides is 3. The molecule has 10 nitrogen and oxygen atoms in total. The van der Waals surface area contributed by atoms with Gasteiger partial charge in [-0.2, -0.15) is 0 Å². The number of rotatable bonds is 5. The minimum atomic E-state index is -1.99. The first-order valence-corrected chi connectivity index (χ1v) is 14.9. The number of imide groups is 2. The Morgan fingerprint density at radius 2 is 1.81 bits per heavy atom. The molecule has 0 aromatic heterocycles. The monoisotopic (exact) mass is 676 g/mol. The summed E-state index contributed by atoms with van der Waals surface area (Å²) in [6, 6.07) is 10.0. The van der Waals surface area contributed by atoms with Gasteiger partial charge in [0.1, 0.15) is 0 Å². The Balaban J connectivity index is 1.51. The number of phenolic OH excluding ortho intramolecular Hbond substituents is 1. The molecule has 4 amide bonds. The molecule has 2 saturated heterocycles. The lowest BCUT2D eigenvalue weighted by atomic mass is 9.56. The van der Waals surface area contributed by atoms with Gasteiger partial charge in [0.2, 0.25) is 11.8 Å². The highest BCUT2D eigenvalue weighted by atomic mass is 79.9. The minimum absolute atomic E-state index is 0.0858. The van der Waals surface area contributed by atoms with Crippen LogP contribution in [-0.4, -0.2) is 67.0 Å². The van der Waals surface area contributed by atoms with Crippen molar-refractivity contribution in [2.45, 2.75) is 28.5 Å². The smallest absolute Gasteiger partial charge is 0.335 e. The number of benzene rings is 2. The van der Waals surface area contributed by atoms with Gasteiger partial charge in [0, 0.05) is 5.92 Å². The molecule has 0 spiro atoms. The molecule has 2 heterocycles. The van der Waals surface area contributed by atoms with Crippen molar-refractivity contribution in [2.24, 2.45) is 17.8 Å². The van der Waals surface area contributed by atoms with Crippen LogP contribution in [0.15, 0.2) is 54.1 Å². The third-order valence-electron chi connectivity index (χ3n) is 8.90. The molecule has 3 fully saturated rings. The highest BCUT2D eigenvalue weighted by Gasteiger charge is 2.76. The number of carbonyl (C=O) groups excluding carboxylic acids is 4. The van der Waals surface area contributed by atoms with Gasteiger partial charge < -0.3 is 14.9 Å². The van der Waals surface area contributed by atoms with Crippen LogP contribution in [0.2, 0.25) is 0 Å². The fourth-order valence-corrected chi connectivity index (χ4v) is 8.46. The molecule has 42 heavy (non-hydrogen) atoms. The quantitative estimate of drug-likeness (QED) is 0.209. The first kappa shape index (κ1) is 28.7. The van der Waals surface area contributed by atoms with E-state index in [1.54, 1.807) is 12.1 Å². The Hall–Kier alpha value is -3.41. The number of ether oxygens (including phenoxy) is 1. The van der Waals surface area contributed by atoms with Crippen LogP contribution in [0.4, 0.5) is 5.69 Å². The van der Waals surface area contributed by atoms with E-state index >= 15 is 0 Å². The summed E-state index contributed by atoms with van der Waals surface area (Å²) in [5.41, 5.74) is 0.897. The van der Waals surface area contributed by atoms with Gasteiger partial charge in [-0.3, -0.25) is 29.0 Å². The molecule has 6 rings (SSSR count). The van der Waals surface area contributed by atoms with Crippen molar-refractivity contribution < 1.29 is 38.9 Å². The van der Waals surface area contributed by atoms with Crippen LogP contribution >= 0.6 is 39.1 Å². The Morgan fingerprint density at radius 3 is 2.48 bits per heavy atom. The van der Waals surface area contributed by atoms with Crippen LogP contribution in [0.1, 0.15) is 34.7 Å². The first-order valence-electron chi connectivity index (χ1n) is 13.0. The van der Waals surface area contributed by atoms with Crippen LogP contribution in [0.25, 0.3) is 0 Å². The van der Waals surface area contributed by atoms with E-state index in [9.17, 15) is 34.2 Å². The lowest BCUT2D eigenvalue weighted by Crippen LogP contribution is -2.60. The second-order valence-corrected chi connectivity index (χ2v) is 12.5. The topological polar surface area (TPSA) is 142 Å². The molecule has 2 aromatic rings. The summed E-state index contributed by atoms with van der Waals surface area (Å²) in [6.45, 7) is 0. The Bertz CT molecular complexity index is 1630. The van der Waals surface area contributed by atoms with Crippen LogP contribution in [-0.2, 0) is 19.2 Å². The van der Waals surface area contributed by atoms with E-state index in [0.717, 1.165) is 9.80 Å². The number of fused-ring (bicyclic) bond motifs is 4. The normalized spacial score (nSPS) is 32.0. The summed E-state index contributed by atoms with van der Waals surface area (Å²) >= 11 is 17.6. The molecule has 2 aliphatic carbocycles. The molecule has 218 valence electrons. The molecule has 4 aliphatic rings. The van der Waals surface area contributed by atoms with E-state index in [4.69, 9.17) is 27.9 Å². The maximum atomic E-state index is 14.0. The van der Waals surface area contributed by atoms with Gasteiger partial charge in [-0.15, -0.1) is 23.2 Å². The zero-order valence-corrected chi connectivity index (χ0v) is 25.0. The standard InChI is InChI=1S/C29H23BrCl2N2O8/c1-42-20-10-13(5-8-19(20)35)22-16-6-7-17-21(18(16)11-28(31)26(40)33(12-30)27(41)29(22,28)32)24(37)34(23(17)36)15-4-2-3-14(9-15)25(38)39/h2-6,8-10,17-18,21-22,35H,7,11-12H2,1H3,(H,38,39). The number of allylic oxidation sites excluding steroid dienone is 2. The van der Waals surface area contributed by atoms with E-state index in [-0.39, 0.29) is 41.0 Å². The number of carbonyl (C=O) groups is 5. The van der Waals surface area contributed by atoms with Crippen molar-refractivity contribution in [3.8, 4) is 11.5 Å². The molecule has 2 N–H and O–H groups in total. The van der Waals surface area contributed by atoms with Gasteiger partial charge in [-0.05, 0) is 54.7 Å². The lowest BCUT2D eigenvalue weighted by Gasteiger charge is -2.50. The summed E-state index contributed by atoms with van der Waals surface area (Å²) in [7, 11) is 1.36. The van der Waals surface area contributed by atoms with Crippen molar-refractivity contribution in [1.29, 1.82) is 0 Å². The largest absolute Gasteiger partial charge is 0.504 e. The zero-order chi connectivity index (χ0) is 30.3. The van der Waals surface area contributed by atoms with E-state index in [0.29, 0.717) is 11.1 Å². The van der Waals surface area contributed by atoms with E-state index < -0.39 is 63.0 Å². The summed E-state index contributed by atoms with van der Waals surface area (Å²) < 4.78 is 5.30. The Kier molecular flexibility index (Phi) is 6.71. The fraction of sp³-hybridized carbons (Fsp3) is 0.345. The molecule has 6 atom stereocenters. The fourth-order valence-electron chi connectivity index (χ4n) is 7.03. The van der Waals surface area contributed by atoms with Crippen molar-refractivity contribution >= 4 is 74.4 Å². The molecular formula is C29H23BrCl2N2O8. The highest BCUT2D eigenvalue weighted by molar-refractivity contribution is 9.09. The van der Waals surface area contributed by atoms with E-state index in [2.05, 4.69) is 15.9 Å². The second-order valence-electron chi connectivity index (χ2n) is 10.8. The number of phenols is 1. The van der Waals surface area contributed by atoms with Crippen LogP contribution < -0.4 is 9.64 Å². The number of carboxylic acid groups (broad SMARTS) is 1. The number of anilines is 1. The van der Waals surface area contributed by atoms with Gasteiger partial charge in [0.25, 0.3) is 11.8 Å². The summed E-state index contributed by atoms with van der Waals surface area (Å²) in [6.07, 6.45) is 1.74. The SMILES string of the molecule is COc1cc(C2C3=CCC4C(=O)N(c5cccc(C(=O)O)c5)C(=O)C4C3CC3(Cl)C(=O)N(CBr)C(=O)C23Cl)ccc1O. The molecule has 6 unspecified atom stereocenters. The van der Waals surface area contributed by atoms with Crippen LogP contribution in [0.3, 0.4) is 0 Å². The molecule has 2 aromatic carbocycles. The maximum Gasteiger partial charge on any atom is 0.335 e. The van der Waals surface area contributed by atoms with Crippen LogP contribution in [0, 0.1) is 17.8 Å². The van der Waals surface area contributed by atoms with Crippen LogP contribution in [0.5, 0.6) is 11.5 Å². The van der Waals surface area contributed by atoms with Gasteiger partial charge in [0.05, 0.1) is 35.7 Å². The number of carboxylic acids is 1. The third kappa shape index (κ3) is 3.66. The molecule has 2 aliphatic heterocycles. The number of methoxy groups -OCH3 is 1. The Labute approximate surface area is 257 Å². The van der Waals surface area contributed by atoms with Gasteiger partial charge in [-0.1, -0.05) is 39.7 Å². The number of aromatic hydroxyl groups is 1. The first-order chi connectivity index (χ1) is 19.9. The molecular weight excluding hydrogens is 655 g/mol. The van der Waals surface area contributed by atoms with Crippen molar-refractivity contribution in [3.63, 3.8) is 0 Å². The van der Waals surface area contributed by atoms with Gasteiger partial charge in [-0.25, -0.2) is 4.79 Å². The van der Waals surface area contributed by atoms with Crippen molar-refractivity contribution in [3.05, 3.63) is 65.2 Å². The number of amides is 4. The van der Waals surface area contributed by atoms with Crippen molar-refractivity contribution in [1.82, 2.24) is 4.90 Å². The second kappa shape index (κ2) is 9.82. The van der Waals surface area contributed by atoms with Gasteiger partial charge >= 0.3 is 5.97 Å². The zero-order valence-electron chi connectivity index (χ0n) is 21.9. The Morgan fingerprint density at radius 1 is 1.07 bits per heavy atom. The maximum absolute atomic E-state index is 14.0. The van der Waals surface area contributed by atoms with Gasteiger partial charge in [0.15, 0.2) is 21.2 Å². The molecule has 13 heteroatoms. The predicted molar refractivity (Wildman–Crippen MR) is 154 cm³/mol. The predicted octanol–water partition coefficient (Wildman–Crippen LogP) is 4.01. The van der Waals surface area contributed by atoms with E-state index in [1.807, 2.05) is 0 Å². The average Bonchev–Trinajstić information content (AvgIpc) is 3.31. The number of hydrogen-bond acceptors (Lipinski definition) is 7. The lowest BCUT2D eigenvalue weighted by molar-refractivity contribution is -0.138. The number of likely N-dealkylation sites (tertiary alicyclic amines) is 1. The summed E-state index contributed by atoms with van der Waals surface area (Å²) in [5, 5.41) is 19.7. The molecule has 0 bridgehead atoms. The number of aromatic carboxylic acids is 1. The minimum Gasteiger partial charge on any atom is -0.504 e. The third-order valence-corrected chi connectivity index (χ3v) is 10.8. The van der Waals surface area contributed by atoms with Crippen molar-refractivity contribution in [2.75, 3.05) is 17.5 Å².